The Bertz CT molecular complexity index is 1090. The molecule has 0 fully saturated rings. The summed E-state index contributed by atoms with van der Waals surface area (Å²) in [6.07, 6.45) is 0. The lowest BCUT2D eigenvalue weighted by Gasteiger charge is -2.21. The van der Waals surface area contributed by atoms with E-state index in [2.05, 4.69) is 10.6 Å². The summed E-state index contributed by atoms with van der Waals surface area (Å²) in [5, 5.41) is 5.83. The third kappa shape index (κ3) is 6.52. The van der Waals surface area contributed by atoms with Crippen LogP contribution in [-0.2, 0) is 4.57 Å². The van der Waals surface area contributed by atoms with E-state index in [1.807, 2.05) is 0 Å². The van der Waals surface area contributed by atoms with Crippen LogP contribution in [0.15, 0.2) is 78.9 Å². The highest BCUT2D eigenvalue weighted by Crippen LogP contribution is 2.47. The van der Waals surface area contributed by atoms with E-state index in [0.29, 0.717) is 28.2 Å². The molecule has 0 atom stereocenters. The van der Waals surface area contributed by atoms with Gasteiger partial charge in [-0.05, 0) is 60.7 Å². The molecule has 0 unspecified atom stereocenters. The number of carbonyl (C=O) groups excluding carboxylic acids is 2. The minimum atomic E-state index is -3.82. The Labute approximate surface area is 198 Å². The van der Waals surface area contributed by atoms with Crippen molar-refractivity contribution in [1.29, 1.82) is 0 Å². The molecule has 0 saturated carbocycles. The highest BCUT2D eigenvalue weighted by Gasteiger charge is 2.31. The van der Waals surface area contributed by atoms with Crippen LogP contribution >= 0.6 is 7.60 Å². The minimum Gasteiger partial charge on any atom is -0.413 e. The zero-order chi connectivity index (χ0) is 24.7. The van der Waals surface area contributed by atoms with Crippen LogP contribution in [0.4, 0.5) is 21.0 Å². The maximum Gasteiger partial charge on any atom is 0.462 e. The van der Waals surface area contributed by atoms with Crippen molar-refractivity contribution in [2.45, 2.75) is 0 Å². The van der Waals surface area contributed by atoms with Crippen LogP contribution in [0.2, 0.25) is 0 Å². The van der Waals surface area contributed by atoms with Crippen LogP contribution in [0.1, 0.15) is 0 Å². The first-order valence-electron chi connectivity index (χ1n) is 10.4. The van der Waals surface area contributed by atoms with Crippen LogP contribution in [0.3, 0.4) is 0 Å². The maximum absolute atomic E-state index is 13.9. The van der Waals surface area contributed by atoms with Gasteiger partial charge in [-0.3, -0.25) is 0 Å². The van der Waals surface area contributed by atoms with Gasteiger partial charge < -0.3 is 29.5 Å². The Morgan fingerprint density at radius 1 is 0.647 bits per heavy atom. The lowest BCUT2D eigenvalue weighted by Crippen LogP contribution is -2.27. The molecule has 0 bridgehead atoms. The van der Waals surface area contributed by atoms with Gasteiger partial charge in [-0.15, -0.1) is 0 Å². The molecule has 0 aliphatic heterocycles. The molecule has 3 aromatic carbocycles. The number of nitrogens with zero attached hydrogens (tertiary/aromatic N) is 2. The predicted molar refractivity (Wildman–Crippen MR) is 133 cm³/mol. The van der Waals surface area contributed by atoms with Gasteiger partial charge in [-0.25, -0.2) is 14.2 Å². The summed E-state index contributed by atoms with van der Waals surface area (Å²) in [6, 6.07) is 21.1. The molecule has 178 valence electrons. The average Bonchev–Trinajstić information content (AvgIpc) is 2.82. The Morgan fingerprint density at radius 3 is 1.38 bits per heavy atom. The summed E-state index contributed by atoms with van der Waals surface area (Å²) < 4.78 is 25.6. The fourth-order valence-electron chi connectivity index (χ4n) is 2.68. The molecule has 2 N–H and O–H groups in total. The summed E-state index contributed by atoms with van der Waals surface area (Å²) in [5.74, 6) is 0.620. The smallest absolute Gasteiger partial charge is 0.413 e. The molecule has 0 aliphatic rings. The van der Waals surface area contributed by atoms with E-state index in [1.165, 1.54) is 9.80 Å². The van der Waals surface area contributed by atoms with Crippen molar-refractivity contribution in [2.24, 2.45) is 0 Å². The fraction of sp³-hybridized carbons (Fsp3) is 0.167. The molecule has 4 amide bonds. The molecule has 34 heavy (non-hydrogen) atoms. The molecule has 0 aliphatic carbocycles. The van der Waals surface area contributed by atoms with E-state index in [-0.39, 0.29) is 12.1 Å². The van der Waals surface area contributed by atoms with Crippen molar-refractivity contribution >= 4 is 36.3 Å². The summed E-state index contributed by atoms with van der Waals surface area (Å²) >= 11 is 0. The number of urea groups is 2. The Hall–Kier alpha value is -3.97. The molecular formula is C24H27N4O5P. The molecule has 0 radical (unpaired) electrons. The van der Waals surface area contributed by atoms with Gasteiger partial charge in [-0.2, -0.15) is 0 Å². The average molecular weight is 482 g/mol. The predicted octanol–water partition coefficient (Wildman–Crippen LogP) is 4.85. The van der Waals surface area contributed by atoms with Crippen molar-refractivity contribution in [1.82, 2.24) is 9.80 Å². The highest BCUT2D eigenvalue weighted by molar-refractivity contribution is 7.63. The largest absolute Gasteiger partial charge is 0.462 e. The molecule has 10 heteroatoms. The Balaban J connectivity index is 1.80. The van der Waals surface area contributed by atoms with Crippen molar-refractivity contribution in [2.75, 3.05) is 38.8 Å². The topological polar surface area (TPSA) is 100 Å². The van der Waals surface area contributed by atoms with E-state index in [0.717, 1.165) is 0 Å². The number of hydrogen-bond donors (Lipinski definition) is 2. The quantitative estimate of drug-likeness (QED) is 0.469. The Morgan fingerprint density at radius 2 is 1.03 bits per heavy atom. The number of rotatable bonds is 7. The van der Waals surface area contributed by atoms with E-state index < -0.39 is 7.60 Å². The molecule has 0 saturated heterocycles. The first-order valence-corrected chi connectivity index (χ1v) is 11.9. The molecule has 0 aromatic heterocycles. The third-order valence-corrected chi connectivity index (χ3v) is 6.38. The maximum atomic E-state index is 13.9. The van der Waals surface area contributed by atoms with Crippen LogP contribution in [-0.4, -0.2) is 50.1 Å². The number of amides is 4. The second kappa shape index (κ2) is 10.8. The van der Waals surface area contributed by atoms with Crippen LogP contribution in [0.5, 0.6) is 11.5 Å². The lowest BCUT2D eigenvalue weighted by atomic mass is 10.3. The van der Waals surface area contributed by atoms with E-state index in [4.69, 9.17) is 9.05 Å². The number of carbonyl (C=O) groups is 2. The first-order chi connectivity index (χ1) is 16.2. The zero-order valence-electron chi connectivity index (χ0n) is 19.4. The summed E-state index contributed by atoms with van der Waals surface area (Å²) in [7, 11) is 2.74. The molecule has 0 spiro atoms. The van der Waals surface area contributed by atoms with Gasteiger partial charge in [0.05, 0.1) is 5.30 Å². The second-order valence-electron chi connectivity index (χ2n) is 7.71. The summed E-state index contributed by atoms with van der Waals surface area (Å²) in [5.41, 5.74) is 1.13. The van der Waals surface area contributed by atoms with Crippen molar-refractivity contribution in [3.8, 4) is 11.5 Å². The zero-order valence-corrected chi connectivity index (χ0v) is 20.3. The van der Waals surface area contributed by atoms with Crippen LogP contribution in [0, 0.1) is 0 Å². The van der Waals surface area contributed by atoms with E-state index in [1.54, 1.807) is 107 Å². The molecule has 0 heterocycles. The highest BCUT2D eigenvalue weighted by atomic mass is 31.2. The fourth-order valence-corrected chi connectivity index (χ4v) is 4.26. The Kier molecular flexibility index (Phi) is 7.81. The van der Waals surface area contributed by atoms with Gasteiger partial charge in [0.25, 0.3) is 0 Å². The monoisotopic (exact) mass is 482 g/mol. The van der Waals surface area contributed by atoms with E-state index in [9.17, 15) is 14.2 Å². The number of anilines is 2. The first kappa shape index (κ1) is 24.7. The van der Waals surface area contributed by atoms with Crippen LogP contribution < -0.4 is 25.0 Å². The van der Waals surface area contributed by atoms with Gasteiger partial charge in [0.15, 0.2) is 0 Å². The van der Waals surface area contributed by atoms with Gasteiger partial charge in [0.2, 0.25) is 0 Å². The lowest BCUT2D eigenvalue weighted by molar-refractivity contribution is 0.230. The van der Waals surface area contributed by atoms with Gasteiger partial charge >= 0.3 is 19.7 Å². The second-order valence-corrected chi connectivity index (χ2v) is 9.59. The van der Waals surface area contributed by atoms with Crippen molar-refractivity contribution in [3.63, 3.8) is 0 Å². The number of benzene rings is 3. The number of hydrogen-bond acceptors (Lipinski definition) is 5. The van der Waals surface area contributed by atoms with Gasteiger partial charge in [-0.1, -0.05) is 18.2 Å². The normalized spacial score (nSPS) is 10.7. The molecular weight excluding hydrogens is 455 g/mol. The number of nitrogens with one attached hydrogen (secondary N) is 2. The van der Waals surface area contributed by atoms with Crippen molar-refractivity contribution < 1.29 is 23.2 Å². The SMILES string of the molecule is CN(C)C(=O)Nc1ccc(OP(=O)(Oc2ccc(NC(=O)N(C)C)cc2)c2ccccc2)cc1. The van der Waals surface area contributed by atoms with Gasteiger partial charge in [0.1, 0.15) is 11.5 Å². The van der Waals surface area contributed by atoms with E-state index >= 15 is 0 Å². The minimum absolute atomic E-state index is 0.267. The molecule has 9 nitrogen and oxygen atoms in total. The van der Waals surface area contributed by atoms with Gasteiger partial charge in [0, 0.05) is 39.6 Å². The standard InChI is InChI=1S/C24H27N4O5P/c1-27(2)23(29)25-18-10-14-20(15-11-18)32-34(31,22-8-6-5-7-9-22)33-21-16-12-19(13-17-21)26-24(30)28(3)4/h5-17H,1-4H3,(H,25,29)(H,26,30). The molecule has 3 rings (SSSR count). The summed E-state index contributed by atoms with van der Waals surface area (Å²) in [6.45, 7) is 0. The van der Waals surface area contributed by atoms with Crippen molar-refractivity contribution in [3.05, 3.63) is 78.9 Å². The third-order valence-electron chi connectivity index (χ3n) is 4.55. The van der Waals surface area contributed by atoms with Crippen LogP contribution in [0.25, 0.3) is 0 Å². The molecule has 3 aromatic rings. The summed E-state index contributed by atoms with van der Waals surface area (Å²) in [4.78, 5) is 26.5.